The molecule has 7 nitrogen and oxygen atoms in total. The number of nitrogens with zero attached hydrogens (tertiary/aromatic N) is 3. The number of allylic oxidation sites excluding steroid dienone is 1. The van der Waals surface area contributed by atoms with E-state index in [9.17, 15) is 4.79 Å². The van der Waals surface area contributed by atoms with Gasteiger partial charge >= 0.3 is 0 Å². The van der Waals surface area contributed by atoms with Crippen LogP contribution >= 0.6 is 11.8 Å². The second-order valence-electron chi connectivity index (χ2n) is 7.17. The van der Waals surface area contributed by atoms with Crippen molar-refractivity contribution in [2.24, 2.45) is 0 Å². The summed E-state index contributed by atoms with van der Waals surface area (Å²) in [5.41, 5.74) is 3.09. The van der Waals surface area contributed by atoms with Gasteiger partial charge in [0.15, 0.2) is 16.7 Å². The van der Waals surface area contributed by atoms with E-state index in [0.29, 0.717) is 36.2 Å². The van der Waals surface area contributed by atoms with Crippen LogP contribution < -0.4 is 14.8 Å². The van der Waals surface area contributed by atoms with Crippen molar-refractivity contribution in [3.8, 4) is 11.5 Å². The molecule has 0 spiro atoms. The molecule has 32 heavy (non-hydrogen) atoms. The number of para-hydroxylation sites is 2. The molecule has 8 heteroatoms. The van der Waals surface area contributed by atoms with Crippen molar-refractivity contribution >= 4 is 23.4 Å². The zero-order valence-electron chi connectivity index (χ0n) is 18.6. The first-order valence-corrected chi connectivity index (χ1v) is 11.3. The van der Waals surface area contributed by atoms with Crippen molar-refractivity contribution in [3.63, 3.8) is 0 Å². The number of hydrogen-bond acceptors (Lipinski definition) is 6. The number of aryl methyl sites for hydroxylation is 2. The van der Waals surface area contributed by atoms with E-state index in [1.54, 1.807) is 13.2 Å². The Bertz CT molecular complexity index is 1080. The molecule has 0 unspecified atom stereocenters. The van der Waals surface area contributed by atoms with Gasteiger partial charge in [-0.1, -0.05) is 36.0 Å². The number of benzene rings is 2. The van der Waals surface area contributed by atoms with Crippen molar-refractivity contribution in [2.75, 3.05) is 24.8 Å². The molecule has 3 rings (SSSR count). The van der Waals surface area contributed by atoms with Crippen LogP contribution in [0.3, 0.4) is 0 Å². The Kier molecular flexibility index (Phi) is 8.33. The third-order valence-corrected chi connectivity index (χ3v) is 5.79. The number of carbonyl (C=O) groups is 1. The van der Waals surface area contributed by atoms with E-state index in [1.807, 2.05) is 60.9 Å². The fourth-order valence-electron chi connectivity index (χ4n) is 3.06. The summed E-state index contributed by atoms with van der Waals surface area (Å²) in [5.74, 6) is 2.53. The maximum absolute atomic E-state index is 12.6. The number of thioether (sulfide) groups is 1. The van der Waals surface area contributed by atoms with Gasteiger partial charge in [0.2, 0.25) is 5.91 Å². The number of carbonyl (C=O) groups excluding carboxylic acids is 1. The third-order valence-electron chi connectivity index (χ3n) is 4.86. The summed E-state index contributed by atoms with van der Waals surface area (Å²) >= 11 is 1.52. The third kappa shape index (κ3) is 6.13. The van der Waals surface area contributed by atoms with Gasteiger partial charge in [-0.3, -0.25) is 4.79 Å². The molecule has 3 aromatic rings. The summed E-state index contributed by atoms with van der Waals surface area (Å²) < 4.78 is 13.0. The molecule has 1 aromatic heterocycles. The first kappa shape index (κ1) is 23.4. The summed E-state index contributed by atoms with van der Waals surface area (Å²) in [6.45, 7) is 8.88. The standard InChI is InChI=1S/C24H28N4O3S/c1-5-12-28-22(16-23(29)25-19-11-10-17(2)18(3)15-19)26-27-24(28)32-14-13-31-21-9-7-6-8-20(21)30-4/h5-11,15H,1,12-14,16H2,2-4H3,(H,25,29). The van der Waals surface area contributed by atoms with E-state index in [-0.39, 0.29) is 12.3 Å². The van der Waals surface area contributed by atoms with Crippen molar-refractivity contribution < 1.29 is 14.3 Å². The fraction of sp³-hybridized carbons (Fsp3) is 0.292. The average molecular weight is 453 g/mol. The molecule has 0 radical (unpaired) electrons. The molecular weight excluding hydrogens is 424 g/mol. The summed E-state index contributed by atoms with van der Waals surface area (Å²) in [7, 11) is 1.62. The van der Waals surface area contributed by atoms with Crippen LogP contribution in [0.5, 0.6) is 11.5 Å². The highest BCUT2D eigenvalue weighted by Gasteiger charge is 2.15. The van der Waals surface area contributed by atoms with Crippen molar-refractivity contribution in [3.05, 3.63) is 72.1 Å². The normalized spacial score (nSPS) is 10.6. The van der Waals surface area contributed by atoms with E-state index in [1.165, 1.54) is 17.3 Å². The zero-order chi connectivity index (χ0) is 22.9. The minimum atomic E-state index is -0.137. The lowest BCUT2D eigenvalue weighted by Crippen LogP contribution is -2.18. The summed E-state index contributed by atoms with van der Waals surface area (Å²) in [6.07, 6.45) is 1.90. The van der Waals surface area contributed by atoms with Crippen LogP contribution in [0.1, 0.15) is 17.0 Å². The monoisotopic (exact) mass is 452 g/mol. The highest BCUT2D eigenvalue weighted by Crippen LogP contribution is 2.26. The summed E-state index contributed by atoms with van der Waals surface area (Å²) in [5, 5.41) is 12.2. The number of anilines is 1. The summed E-state index contributed by atoms with van der Waals surface area (Å²) in [6, 6.07) is 13.4. The van der Waals surface area contributed by atoms with Crippen LogP contribution in [-0.4, -0.2) is 40.1 Å². The quantitative estimate of drug-likeness (QED) is 0.263. The molecule has 0 fully saturated rings. The molecule has 0 aliphatic carbocycles. The Morgan fingerprint density at radius 2 is 1.94 bits per heavy atom. The Balaban J connectivity index is 1.58. The molecule has 1 amide bonds. The number of ether oxygens (including phenoxy) is 2. The second kappa shape index (κ2) is 11.4. The van der Waals surface area contributed by atoms with Crippen LogP contribution in [0.4, 0.5) is 5.69 Å². The number of aromatic nitrogens is 3. The van der Waals surface area contributed by atoms with Gasteiger partial charge in [0.25, 0.3) is 0 Å². The molecule has 1 heterocycles. The van der Waals surface area contributed by atoms with Crippen LogP contribution in [0, 0.1) is 13.8 Å². The molecule has 0 aliphatic rings. The van der Waals surface area contributed by atoms with Crippen molar-refractivity contribution in [1.29, 1.82) is 0 Å². The predicted octanol–water partition coefficient (Wildman–Crippen LogP) is 4.44. The summed E-state index contributed by atoms with van der Waals surface area (Å²) in [4.78, 5) is 12.6. The van der Waals surface area contributed by atoms with Gasteiger partial charge < -0.3 is 19.4 Å². The Morgan fingerprint density at radius 1 is 1.16 bits per heavy atom. The van der Waals surface area contributed by atoms with E-state index in [2.05, 4.69) is 22.1 Å². The molecule has 168 valence electrons. The minimum Gasteiger partial charge on any atom is -0.493 e. The van der Waals surface area contributed by atoms with Gasteiger partial charge in [0.1, 0.15) is 5.82 Å². The lowest BCUT2D eigenvalue weighted by Gasteiger charge is -2.11. The SMILES string of the molecule is C=CCn1c(CC(=O)Nc2ccc(C)c(C)c2)nnc1SCCOc1ccccc1OC. The van der Waals surface area contributed by atoms with Crippen molar-refractivity contribution in [2.45, 2.75) is 32.0 Å². The lowest BCUT2D eigenvalue weighted by molar-refractivity contribution is -0.115. The predicted molar refractivity (Wildman–Crippen MR) is 128 cm³/mol. The molecule has 0 atom stereocenters. The van der Waals surface area contributed by atoms with Gasteiger partial charge in [-0.25, -0.2) is 0 Å². The maximum atomic E-state index is 12.6. The second-order valence-corrected chi connectivity index (χ2v) is 8.23. The molecule has 0 saturated carbocycles. The highest BCUT2D eigenvalue weighted by atomic mass is 32.2. The maximum Gasteiger partial charge on any atom is 0.232 e. The minimum absolute atomic E-state index is 0.131. The molecule has 0 aliphatic heterocycles. The Labute approximate surface area is 192 Å². The molecule has 2 aromatic carbocycles. The molecule has 1 N–H and O–H groups in total. The fourth-order valence-corrected chi connectivity index (χ4v) is 3.84. The number of nitrogens with one attached hydrogen (secondary N) is 1. The first-order chi connectivity index (χ1) is 15.5. The van der Waals surface area contributed by atoms with E-state index in [4.69, 9.17) is 9.47 Å². The van der Waals surface area contributed by atoms with Gasteiger partial charge in [0.05, 0.1) is 20.1 Å². The smallest absolute Gasteiger partial charge is 0.232 e. The number of methoxy groups -OCH3 is 1. The first-order valence-electron chi connectivity index (χ1n) is 10.3. The average Bonchev–Trinajstić information content (AvgIpc) is 3.15. The van der Waals surface area contributed by atoms with Crippen molar-refractivity contribution in [1.82, 2.24) is 14.8 Å². The van der Waals surface area contributed by atoms with Crippen LogP contribution in [0.2, 0.25) is 0 Å². The van der Waals surface area contributed by atoms with Gasteiger partial charge in [-0.15, -0.1) is 16.8 Å². The van der Waals surface area contributed by atoms with Crippen LogP contribution in [-0.2, 0) is 17.8 Å². The molecular formula is C24H28N4O3S. The number of amides is 1. The van der Waals surface area contributed by atoms with Crippen LogP contribution in [0.15, 0.2) is 60.3 Å². The molecule has 0 saturated heterocycles. The van der Waals surface area contributed by atoms with Crippen LogP contribution in [0.25, 0.3) is 0 Å². The largest absolute Gasteiger partial charge is 0.493 e. The van der Waals surface area contributed by atoms with E-state index in [0.717, 1.165) is 16.4 Å². The molecule has 0 bridgehead atoms. The zero-order valence-corrected chi connectivity index (χ0v) is 19.4. The number of rotatable bonds is 11. The lowest BCUT2D eigenvalue weighted by atomic mass is 10.1. The number of hydrogen-bond donors (Lipinski definition) is 1. The van der Waals surface area contributed by atoms with Gasteiger partial charge in [-0.2, -0.15) is 0 Å². The van der Waals surface area contributed by atoms with Gasteiger partial charge in [-0.05, 0) is 49.2 Å². The highest BCUT2D eigenvalue weighted by molar-refractivity contribution is 7.99. The Morgan fingerprint density at radius 3 is 2.66 bits per heavy atom. The van der Waals surface area contributed by atoms with E-state index >= 15 is 0 Å². The van der Waals surface area contributed by atoms with E-state index < -0.39 is 0 Å². The topological polar surface area (TPSA) is 78.3 Å². The Hall–Kier alpha value is -3.26. The van der Waals surface area contributed by atoms with Gasteiger partial charge in [0, 0.05) is 18.0 Å².